The molecule has 1 aliphatic heterocycles. The van der Waals surface area contributed by atoms with E-state index < -0.39 is 0 Å². The van der Waals surface area contributed by atoms with Gasteiger partial charge in [0.05, 0.1) is 5.71 Å². The molecule has 0 bridgehead atoms. The quantitative estimate of drug-likeness (QED) is 0.624. The number of hydrogen-bond donors (Lipinski definition) is 1. The molecule has 1 aliphatic rings. The first-order valence-corrected chi connectivity index (χ1v) is 4.83. The Morgan fingerprint density at radius 1 is 1.62 bits per heavy atom. The number of carbonyl (C=O) groups is 1. The Balaban J connectivity index is 2.42. The van der Waals surface area contributed by atoms with Crippen LogP contribution in [0.1, 0.15) is 19.8 Å². The van der Waals surface area contributed by atoms with Crippen LogP contribution in [0.15, 0.2) is 5.10 Å². The molecule has 0 spiro atoms. The van der Waals surface area contributed by atoms with Gasteiger partial charge in [-0.1, -0.05) is 6.92 Å². The van der Waals surface area contributed by atoms with E-state index in [0.29, 0.717) is 5.71 Å². The van der Waals surface area contributed by atoms with Crippen LogP contribution in [0, 0.1) is 0 Å². The summed E-state index contributed by atoms with van der Waals surface area (Å²) in [6.45, 7) is 6.11. The zero-order valence-corrected chi connectivity index (χ0v) is 8.12. The van der Waals surface area contributed by atoms with Crippen molar-refractivity contribution in [2.75, 3.05) is 26.2 Å². The highest BCUT2D eigenvalue weighted by Crippen LogP contribution is 1.98. The molecule has 0 atom stereocenters. The largest absolute Gasteiger partial charge is 0.308 e. The second kappa shape index (κ2) is 5.70. The van der Waals surface area contributed by atoms with Gasteiger partial charge in [-0.05, 0) is 25.9 Å². The Hall–Kier alpha value is -0.900. The van der Waals surface area contributed by atoms with Gasteiger partial charge in [-0.3, -0.25) is 4.79 Å². The van der Waals surface area contributed by atoms with Crippen LogP contribution in [0.25, 0.3) is 0 Å². The second-order valence-corrected chi connectivity index (χ2v) is 3.17. The van der Waals surface area contributed by atoms with Crippen molar-refractivity contribution in [3.8, 4) is 0 Å². The Labute approximate surface area is 79.0 Å². The third-order valence-corrected chi connectivity index (χ3v) is 2.25. The minimum Gasteiger partial charge on any atom is -0.308 e. The van der Waals surface area contributed by atoms with Crippen molar-refractivity contribution >= 4 is 12.0 Å². The fourth-order valence-corrected chi connectivity index (χ4v) is 1.42. The van der Waals surface area contributed by atoms with Crippen molar-refractivity contribution in [1.82, 2.24) is 10.3 Å². The molecule has 74 valence electrons. The van der Waals surface area contributed by atoms with E-state index in [1.807, 2.05) is 0 Å². The van der Waals surface area contributed by atoms with E-state index in [9.17, 15) is 4.79 Å². The molecule has 1 rings (SSSR count). The van der Waals surface area contributed by atoms with E-state index in [0.717, 1.165) is 45.3 Å². The summed E-state index contributed by atoms with van der Waals surface area (Å²) >= 11 is 0. The molecule has 0 aliphatic carbocycles. The number of hydrogen-bond acceptors (Lipinski definition) is 4. The fourth-order valence-electron chi connectivity index (χ4n) is 1.42. The fraction of sp³-hybridized carbons (Fsp3) is 0.778. The van der Waals surface area contributed by atoms with Gasteiger partial charge in [0.25, 0.3) is 0 Å². The van der Waals surface area contributed by atoms with Crippen LogP contribution in [-0.4, -0.2) is 43.1 Å². The molecule has 4 heteroatoms. The Morgan fingerprint density at radius 2 is 2.46 bits per heavy atom. The molecule has 0 fully saturated rings. The topological polar surface area (TPSA) is 44.7 Å². The molecular weight excluding hydrogens is 166 g/mol. The standard InChI is InChI=1S/C9H17N3O/c1-2-12-6-3-4-9(8-13)11-10-5-7-12/h8,10H,2-7H2,1H3/b11-9+. The molecule has 0 saturated heterocycles. The van der Waals surface area contributed by atoms with Gasteiger partial charge in [0.1, 0.15) is 0 Å². The summed E-state index contributed by atoms with van der Waals surface area (Å²) in [6.07, 6.45) is 2.65. The average molecular weight is 183 g/mol. The molecule has 0 aromatic heterocycles. The average Bonchev–Trinajstić information content (AvgIpc) is 2.28. The minimum absolute atomic E-state index is 0.637. The van der Waals surface area contributed by atoms with Crippen LogP contribution in [0.4, 0.5) is 0 Å². The predicted molar refractivity (Wildman–Crippen MR) is 52.8 cm³/mol. The van der Waals surface area contributed by atoms with Crippen molar-refractivity contribution in [3.63, 3.8) is 0 Å². The number of rotatable bonds is 2. The smallest absolute Gasteiger partial charge is 0.166 e. The van der Waals surface area contributed by atoms with E-state index in [1.54, 1.807) is 0 Å². The van der Waals surface area contributed by atoms with E-state index in [2.05, 4.69) is 22.4 Å². The third-order valence-electron chi connectivity index (χ3n) is 2.25. The number of aldehydes is 1. The number of likely N-dealkylation sites (N-methyl/N-ethyl adjacent to an activating group) is 1. The van der Waals surface area contributed by atoms with E-state index in [-0.39, 0.29) is 0 Å². The van der Waals surface area contributed by atoms with E-state index in [4.69, 9.17) is 0 Å². The highest BCUT2D eigenvalue weighted by molar-refractivity contribution is 6.28. The van der Waals surface area contributed by atoms with Crippen LogP contribution in [0.5, 0.6) is 0 Å². The number of hydrazone groups is 1. The van der Waals surface area contributed by atoms with E-state index >= 15 is 0 Å². The van der Waals surface area contributed by atoms with Crippen molar-refractivity contribution in [1.29, 1.82) is 0 Å². The normalized spacial score (nSPS) is 24.5. The van der Waals surface area contributed by atoms with Gasteiger partial charge in [-0.15, -0.1) is 0 Å². The number of carbonyl (C=O) groups excluding carboxylic acids is 1. The number of nitrogens with one attached hydrogen (secondary N) is 1. The first kappa shape index (κ1) is 10.2. The third kappa shape index (κ3) is 3.55. The minimum atomic E-state index is 0.637. The van der Waals surface area contributed by atoms with Gasteiger partial charge in [0.15, 0.2) is 6.29 Å². The lowest BCUT2D eigenvalue weighted by Gasteiger charge is -2.18. The summed E-state index contributed by atoms with van der Waals surface area (Å²) in [7, 11) is 0. The Morgan fingerprint density at radius 3 is 3.15 bits per heavy atom. The van der Waals surface area contributed by atoms with Crippen molar-refractivity contribution in [2.24, 2.45) is 5.10 Å². The van der Waals surface area contributed by atoms with Gasteiger partial charge in [0, 0.05) is 13.1 Å². The van der Waals surface area contributed by atoms with Crippen molar-refractivity contribution < 1.29 is 4.79 Å². The monoisotopic (exact) mass is 183 g/mol. The molecule has 4 nitrogen and oxygen atoms in total. The number of nitrogens with zero attached hydrogens (tertiary/aromatic N) is 2. The van der Waals surface area contributed by atoms with E-state index in [1.165, 1.54) is 0 Å². The summed E-state index contributed by atoms with van der Waals surface area (Å²) < 4.78 is 0. The molecule has 0 radical (unpaired) electrons. The first-order chi connectivity index (χ1) is 6.36. The molecule has 0 unspecified atom stereocenters. The summed E-state index contributed by atoms with van der Waals surface area (Å²) in [5, 5.41) is 4.00. The van der Waals surface area contributed by atoms with Gasteiger partial charge >= 0.3 is 0 Å². The summed E-state index contributed by atoms with van der Waals surface area (Å²) in [4.78, 5) is 12.9. The molecular formula is C9H17N3O. The summed E-state index contributed by atoms with van der Waals surface area (Å²) in [5.41, 5.74) is 3.54. The van der Waals surface area contributed by atoms with Crippen LogP contribution in [0.3, 0.4) is 0 Å². The lowest BCUT2D eigenvalue weighted by Crippen LogP contribution is -2.30. The molecule has 0 aromatic rings. The van der Waals surface area contributed by atoms with Crippen molar-refractivity contribution in [3.05, 3.63) is 0 Å². The lowest BCUT2D eigenvalue weighted by molar-refractivity contribution is -0.102. The maximum absolute atomic E-state index is 10.5. The predicted octanol–water partition coefficient (Wildman–Crippen LogP) is 0.247. The SMILES string of the molecule is CCN1CCC/C(C=O)=N\NCC1. The van der Waals surface area contributed by atoms with Crippen LogP contribution >= 0.6 is 0 Å². The summed E-state index contributed by atoms with van der Waals surface area (Å²) in [6, 6.07) is 0. The first-order valence-electron chi connectivity index (χ1n) is 4.83. The Bertz CT molecular complexity index is 191. The van der Waals surface area contributed by atoms with Crippen molar-refractivity contribution in [2.45, 2.75) is 19.8 Å². The highest BCUT2D eigenvalue weighted by Gasteiger charge is 2.05. The molecule has 0 amide bonds. The maximum Gasteiger partial charge on any atom is 0.166 e. The van der Waals surface area contributed by atoms with Gasteiger partial charge in [-0.2, -0.15) is 5.10 Å². The van der Waals surface area contributed by atoms with Gasteiger partial charge < -0.3 is 10.3 Å². The van der Waals surface area contributed by atoms with Gasteiger partial charge in [0.2, 0.25) is 0 Å². The second-order valence-electron chi connectivity index (χ2n) is 3.17. The zero-order valence-electron chi connectivity index (χ0n) is 8.12. The lowest BCUT2D eigenvalue weighted by atomic mass is 10.2. The maximum atomic E-state index is 10.5. The molecule has 13 heavy (non-hydrogen) atoms. The highest BCUT2D eigenvalue weighted by atomic mass is 16.1. The Kier molecular flexibility index (Phi) is 4.46. The van der Waals surface area contributed by atoms with Crippen LogP contribution < -0.4 is 5.43 Å². The van der Waals surface area contributed by atoms with Crippen LogP contribution in [0.2, 0.25) is 0 Å². The molecule has 0 aromatic carbocycles. The summed E-state index contributed by atoms with van der Waals surface area (Å²) in [5.74, 6) is 0. The molecule has 0 saturated carbocycles. The zero-order chi connectivity index (χ0) is 9.52. The molecule has 1 heterocycles. The van der Waals surface area contributed by atoms with Gasteiger partial charge in [-0.25, -0.2) is 0 Å². The molecule has 1 N–H and O–H groups in total. The van der Waals surface area contributed by atoms with Crippen LogP contribution in [-0.2, 0) is 4.79 Å².